The Bertz CT molecular complexity index is 907. The summed E-state index contributed by atoms with van der Waals surface area (Å²) in [5.74, 6) is 0.360. The van der Waals surface area contributed by atoms with Gasteiger partial charge in [0.25, 0.3) is 5.91 Å². The van der Waals surface area contributed by atoms with Crippen molar-refractivity contribution in [2.45, 2.75) is 0 Å². The molecule has 6 nitrogen and oxygen atoms in total. The number of amides is 1. The molecule has 0 unspecified atom stereocenters. The van der Waals surface area contributed by atoms with E-state index in [9.17, 15) is 9.18 Å². The van der Waals surface area contributed by atoms with Gasteiger partial charge < -0.3 is 9.80 Å². The van der Waals surface area contributed by atoms with Gasteiger partial charge in [-0.1, -0.05) is 6.07 Å². The van der Waals surface area contributed by atoms with Gasteiger partial charge in [0.15, 0.2) is 5.82 Å². The number of anilines is 1. The van der Waals surface area contributed by atoms with Crippen molar-refractivity contribution in [3.05, 3.63) is 72.2 Å². The van der Waals surface area contributed by atoms with Crippen molar-refractivity contribution in [1.29, 1.82) is 0 Å². The Kier molecular flexibility index (Phi) is 4.74. The molecule has 1 aromatic carbocycles. The summed E-state index contributed by atoms with van der Waals surface area (Å²) in [6.45, 7) is 2.51. The quantitative estimate of drug-likeness (QED) is 0.716. The Balaban J connectivity index is 1.39. The lowest BCUT2D eigenvalue weighted by Gasteiger charge is -2.35. The van der Waals surface area contributed by atoms with Crippen LogP contribution in [0.25, 0.3) is 11.4 Å². The molecule has 0 aliphatic carbocycles. The van der Waals surface area contributed by atoms with Gasteiger partial charge in [0.2, 0.25) is 0 Å². The number of carbonyl (C=O) groups excluding carboxylic acids is 1. The van der Waals surface area contributed by atoms with E-state index >= 15 is 0 Å². The Labute approximate surface area is 156 Å². The molecule has 0 atom stereocenters. The smallest absolute Gasteiger partial charge is 0.253 e. The molecule has 1 aliphatic heterocycles. The summed E-state index contributed by atoms with van der Waals surface area (Å²) in [6.07, 6.45) is 1.72. The second-order valence-electron chi connectivity index (χ2n) is 6.28. The van der Waals surface area contributed by atoms with Crippen LogP contribution >= 0.6 is 0 Å². The molecule has 2 aromatic heterocycles. The predicted octanol–water partition coefficient (Wildman–Crippen LogP) is 2.64. The Hall–Kier alpha value is -3.35. The maximum atomic E-state index is 13.0. The second-order valence-corrected chi connectivity index (χ2v) is 6.28. The van der Waals surface area contributed by atoms with Crippen molar-refractivity contribution in [2.24, 2.45) is 0 Å². The zero-order chi connectivity index (χ0) is 18.6. The van der Waals surface area contributed by atoms with Crippen LogP contribution in [0.5, 0.6) is 0 Å². The Morgan fingerprint density at radius 1 is 0.852 bits per heavy atom. The predicted molar refractivity (Wildman–Crippen MR) is 99.8 cm³/mol. The summed E-state index contributed by atoms with van der Waals surface area (Å²) in [6, 6.07) is 15.1. The third kappa shape index (κ3) is 3.76. The van der Waals surface area contributed by atoms with Crippen molar-refractivity contribution < 1.29 is 9.18 Å². The summed E-state index contributed by atoms with van der Waals surface area (Å²) in [5, 5.41) is 8.57. The number of pyridine rings is 1. The van der Waals surface area contributed by atoms with E-state index in [1.165, 1.54) is 24.3 Å². The van der Waals surface area contributed by atoms with Gasteiger partial charge in [-0.3, -0.25) is 9.78 Å². The highest BCUT2D eigenvalue weighted by Crippen LogP contribution is 2.18. The molecule has 1 amide bonds. The molecular formula is C20H18FN5O. The first-order valence-electron chi connectivity index (χ1n) is 8.75. The standard InChI is InChI=1S/C20H18FN5O/c21-16-6-4-15(5-7-16)20(27)26-13-11-25(12-14-26)19-9-8-18(23-24-19)17-3-1-2-10-22-17/h1-10H,11-14H2. The number of hydrogen-bond acceptors (Lipinski definition) is 5. The molecule has 4 rings (SSSR count). The summed E-state index contributed by atoms with van der Waals surface area (Å²) < 4.78 is 13.0. The topological polar surface area (TPSA) is 62.2 Å². The SMILES string of the molecule is O=C(c1ccc(F)cc1)N1CCN(c2ccc(-c3ccccn3)nn2)CC1. The van der Waals surface area contributed by atoms with E-state index in [-0.39, 0.29) is 11.7 Å². The second kappa shape index (κ2) is 7.49. The van der Waals surface area contributed by atoms with Crippen LogP contribution in [0.4, 0.5) is 10.2 Å². The van der Waals surface area contributed by atoms with Crippen LogP contribution in [0.3, 0.4) is 0 Å². The monoisotopic (exact) mass is 363 g/mol. The zero-order valence-corrected chi connectivity index (χ0v) is 14.6. The number of halogens is 1. The summed E-state index contributed by atoms with van der Waals surface area (Å²) in [5.41, 5.74) is 2.01. The molecule has 1 fully saturated rings. The summed E-state index contributed by atoms with van der Waals surface area (Å²) in [4.78, 5) is 20.7. The van der Waals surface area contributed by atoms with Gasteiger partial charge in [-0.05, 0) is 48.5 Å². The molecule has 0 spiro atoms. The molecule has 0 saturated carbocycles. The third-order valence-corrected chi connectivity index (χ3v) is 4.56. The molecule has 0 radical (unpaired) electrons. The fourth-order valence-corrected chi connectivity index (χ4v) is 3.06. The zero-order valence-electron chi connectivity index (χ0n) is 14.6. The summed E-state index contributed by atoms with van der Waals surface area (Å²) in [7, 11) is 0. The first-order chi connectivity index (χ1) is 13.2. The number of benzene rings is 1. The van der Waals surface area contributed by atoms with E-state index in [2.05, 4.69) is 20.1 Å². The molecule has 1 aliphatic rings. The molecule has 1 saturated heterocycles. The molecular weight excluding hydrogens is 345 g/mol. The van der Waals surface area contributed by atoms with Gasteiger partial charge in [0.05, 0.1) is 5.69 Å². The average Bonchev–Trinajstić information content (AvgIpc) is 2.75. The Morgan fingerprint density at radius 3 is 2.26 bits per heavy atom. The van der Waals surface area contributed by atoms with E-state index in [4.69, 9.17) is 0 Å². The van der Waals surface area contributed by atoms with Crippen LogP contribution in [0.1, 0.15) is 10.4 Å². The van der Waals surface area contributed by atoms with E-state index in [1.54, 1.807) is 11.1 Å². The fourth-order valence-electron chi connectivity index (χ4n) is 3.06. The number of nitrogens with zero attached hydrogens (tertiary/aromatic N) is 5. The first-order valence-corrected chi connectivity index (χ1v) is 8.75. The largest absolute Gasteiger partial charge is 0.352 e. The van der Waals surface area contributed by atoms with E-state index in [1.807, 2.05) is 30.3 Å². The third-order valence-electron chi connectivity index (χ3n) is 4.56. The van der Waals surface area contributed by atoms with Gasteiger partial charge in [0.1, 0.15) is 11.5 Å². The number of hydrogen-bond donors (Lipinski definition) is 0. The number of carbonyl (C=O) groups is 1. The van der Waals surface area contributed by atoms with Gasteiger partial charge in [-0.2, -0.15) is 0 Å². The van der Waals surface area contributed by atoms with Crippen LogP contribution in [0, 0.1) is 5.82 Å². The van der Waals surface area contributed by atoms with Gasteiger partial charge in [-0.15, -0.1) is 10.2 Å². The first kappa shape index (κ1) is 17.1. The molecule has 136 valence electrons. The maximum absolute atomic E-state index is 13.0. The minimum Gasteiger partial charge on any atom is -0.352 e. The molecule has 0 bridgehead atoms. The van der Waals surface area contributed by atoms with Crippen LogP contribution in [-0.2, 0) is 0 Å². The van der Waals surface area contributed by atoms with Crippen molar-refractivity contribution in [1.82, 2.24) is 20.1 Å². The van der Waals surface area contributed by atoms with Crippen LogP contribution in [0.15, 0.2) is 60.8 Å². The van der Waals surface area contributed by atoms with E-state index in [0.29, 0.717) is 31.7 Å². The highest BCUT2D eigenvalue weighted by atomic mass is 19.1. The van der Waals surface area contributed by atoms with E-state index in [0.717, 1.165) is 17.2 Å². The highest BCUT2D eigenvalue weighted by molar-refractivity contribution is 5.94. The lowest BCUT2D eigenvalue weighted by atomic mass is 10.1. The number of rotatable bonds is 3. The lowest BCUT2D eigenvalue weighted by Crippen LogP contribution is -2.49. The average molecular weight is 363 g/mol. The molecule has 7 heteroatoms. The van der Waals surface area contributed by atoms with Crippen LogP contribution in [-0.4, -0.2) is 52.2 Å². The van der Waals surface area contributed by atoms with Crippen LogP contribution < -0.4 is 4.90 Å². The maximum Gasteiger partial charge on any atom is 0.253 e. The number of aromatic nitrogens is 3. The fraction of sp³-hybridized carbons (Fsp3) is 0.200. The molecule has 0 N–H and O–H groups in total. The van der Waals surface area contributed by atoms with Crippen molar-refractivity contribution in [3.63, 3.8) is 0 Å². The Morgan fingerprint density at radius 2 is 1.63 bits per heavy atom. The summed E-state index contributed by atoms with van der Waals surface area (Å²) >= 11 is 0. The minimum absolute atomic E-state index is 0.0776. The van der Waals surface area contributed by atoms with Gasteiger partial charge >= 0.3 is 0 Å². The van der Waals surface area contributed by atoms with Crippen molar-refractivity contribution in [2.75, 3.05) is 31.1 Å². The lowest BCUT2D eigenvalue weighted by molar-refractivity contribution is 0.0746. The minimum atomic E-state index is -0.343. The normalized spacial score (nSPS) is 14.3. The molecule has 3 heterocycles. The number of piperazine rings is 1. The molecule has 27 heavy (non-hydrogen) atoms. The van der Waals surface area contributed by atoms with Crippen LogP contribution in [0.2, 0.25) is 0 Å². The van der Waals surface area contributed by atoms with Gasteiger partial charge in [0, 0.05) is 37.9 Å². The highest BCUT2D eigenvalue weighted by Gasteiger charge is 2.23. The molecule has 3 aromatic rings. The van der Waals surface area contributed by atoms with Gasteiger partial charge in [-0.25, -0.2) is 4.39 Å². The van der Waals surface area contributed by atoms with Crippen molar-refractivity contribution in [3.8, 4) is 11.4 Å². The van der Waals surface area contributed by atoms with E-state index < -0.39 is 0 Å². The van der Waals surface area contributed by atoms with Crippen molar-refractivity contribution >= 4 is 11.7 Å².